The van der Waals surface area contributed by atoms with Crippen LogP contribution in [-0.2, 0) is 6.42 Å². The van der Waals surface area contributed by atoms with Crippen molar-refractivity contribution < 1.29 is 4.52 Å². The third kappa shape index (κ3) is 2.78. The first kappa shape index (κ1) is 12.4. The van der Waals surface area contributed by atoms with Crippen molar-refractivity contribution in [1.82, 2.24) is 5.16 Å². The van der Waals surface area contributed by atoms with E-state index >= 15 is 0 Å². The molecule has 0 N–H and O–H groups in total. The Morgan fingerprint density at radius 1 is 1.24 bits per heavy atom. The van der Waals surface area contributed by atoms with Gasteiger partial charge in [-0.1, -0.05) is 46.6 Å². The van der Waals surface area contributed by atoms with Gasteiger partial charge in [0, 0.05) is 22.0 Å². The van der Waals surface area contributed by atoms with Crippen molar-refractivity contribution in [2.45, 2.75) is 33.1 Å². The second-order valence-corrected chi connectivity index (χ2v) is 5.11. The minimum absolute atomic E-state index is 0.962. The van der Waals surface area contributed by atoms with E-state index in [4.69, 9.17) is 4.52 Å². The Morgan fingerprint density at radius 2 is 1.94 bits per heavy atom. The van der Waals surface area contributed by atoms with Crippen LogP contribution in [0.3, 0.4) is 0 Å². The van der Waals surface area contributed by atoms with Crippen LogP contribution in [-0.4, -0.2) is 5.16 Å². The van der Waals surface area contributed by atoms with E-state index < -0.39 is 0 Å². The van der Waals surface area contributed by atoms with Crippen LogP contribution in [0.15, 0.2) is 33.3 Å². The lowest BCUT2D eigenvalue weighted by molar-refractivity contribution is 0.381. The van der Waals surface area contributed by atoms with Crippen LogP contribution >= 0.6 is 15.9 Å². The summed E-state index contributed by atoms with van der Waals surface area (Å²) in [5.74, 6) is 1.02. The maximum absolute atomic E-state index is 5.42. The maximum Gasteiger partial charge on any atom is 0.140 e. The van der Waals surface area contributed by atoms with Crippen molar-refractivity contribution >= 4 is 15.9 Å². The Bertz CT molecular complexity index is 487. The molecule has 0 aliphatic rings. The summed E-state index contributed by atoms with van der Waals surface area (Å²) < 4.78 is 6.50. The van der Waals surface area contributed by atoms with Gasteiger partial charge in [0.25, 0.3) is 0 Å². The molecule has 0 aliphatic carbocycles. The third-order valence-corrected chi connectivity index (χ3v) is 3.42. The quantitative estimate of drug-likeness (QED) is 0.813. The molecule has 0 saturated heterocycles. The van der Waals surface area contributed by atoms with Crippen molar-refractivity contribution in [1.29, 1.82) is 0 Å². The fourth-order valence-corrected chi connectivity index (χ4v) is 2.08. The van der Waals surface area contributed by atoms with Crippen molar-refractivity contribution in [2.75, 3.05) is 0 Å². The van der Waals surface area contributed by atoms with Gasteiger partial charge < -0.3 is 4.52 Å². The third-order valence-electron chi connectivity index (χ3n) is 2.90. The van der Waals surface area contributed by atoms with Gasteiger partial charge in [-0.15, -0.1) is 0 Å². The minimum atomic E-state index is 0.962. The van der Waals surface area contributed by atoms with Crippen molar-refractivity contribution in [3.63, 3.8) is 0 Å². The molecular formula is C14H16BrNO. The van der Waals surface area contributed by atoms with Crippen LogP contribution in [0.25, 0.3) is 11.3 Å². The number of aromatic nitrogens is 1. The zero-order chi connectivity index (χ0) is 12.3. The van der Waals surface area contributed by atoms with Gasteiger partial charge in [0.1, 0.15) is 11.5 Å². The van der Waals surface area contributed by atoms with E-state index in [9.17, 15) is 0 Å². The zero-order valence-electron chi connectivity index (χ0n) is 10.2. The van der Waals surface area contributed by atoms with Crippen LogP contribution in [0.4, 0.5) is 0 Å². The highest BCUT2D eigenvalue weighted by molar-refractivity contribution is 9.10. The molecule has 2 aromatic rings. The molecule has 3 heteroatoms. The van der Waals surface area contributed by atoms with Gasteiger partial charge in [-0.25, -0.2) is 0 Å². The van der Waals surface area contributed by atoms with E-state index in [-0.39, 0.29) is 0 Å². The first-order valence-corrected chi connectivity index (χ1v) is 6.72. The monoisotopic (exact) mass is 293 g/mol. The van der Waals surface area contributed by atoms with Gasteiger partial charge >= 0.3 is 0 Å². The molecule has 1 heterocycles. The largest absolute Gasteiger partial charge is 0.360 e. The van der Waals surface area contributed by atoms with Crippen molar-refractivity contribution in [2.24, 2.45) is 0 Å². The van der Waals surface area contributed by atoms with Crippen LogP contribution in [0.5, 0.6) is 0 Å². The number of rotatable bonds is 4. The molecule has 2 nitrogen and oxygen atoms in total. The molecule has 0 atom stereocenters. The Kier molecular flexibility index (Phi) is 4.00. The molecule has 0 spiro atoms. The highest BCUT2D eigenvalue weighted by atomic mass is 79.9. The normalized spacial score (nSPS) is 10.8. The molecule has 0 aliphatic heterocycles. The first-order valence-electron chi connectivity index (χ1n) is 5.93. The summed E-state index contributed by atoms with van der Waals surface area (Å²) in [5, 5.41) is 4.18. The molecule has 0 amide bonds. The van der Waals surface area contributed by atoms with Gasteiger partial charge in [0.05, 0.1) is 0 Å². The fraction of sp³-hybridized carbons (Fsp3) is 0.357. The summed E-state index contributed by atoms with van der Waals surface area (Å²) >= 11 is 3.43. The summed E-state index contributed by atoms with van der Waals surface area (Å²) in [5.41, 5.74) is 3.24. The van der Waals surface area contributed by atoms with Gasteiger partial charge in [-0.2, -0.15) is 0 Å². The van der Waals surface area contributed by atoms with Crippen LogP contribution in [0, 0.1) is 6.92 Å². The number of halogens is 1. The number of nitrogens with zero attached hydrogens (tertiary/aromatic N) is 1. The van der Waals surface area contributed by atoms with E-state index in [1.54, 1.807) is 0 Å². The molecule has 0 unspecified atom stereocenters. The Morgan fingerprint density at radius 3 is 2.59 bits per heavy atom. The average Bonchev–Trinajstić information content (AvgIpc) is 2.69. The Labute approximate surface area is 110 Å². The van der Waals surface area contributed by atoms with Gasteiger partial charge in [0.2, 0.25) is 0 Å². The van der Waals surface area contributed by atoms with Crippen LogP contribution in [0.2, 0.25) is 0 Å². The lowest BCUT2D eigenvalue weighted by Gasteiger charge is -1.98. The SMILES string of the molecule is CCCCc1onc(-c2ccc(Br)cc2)c1C. The Hall–Kier alpha value is -1.09. The number of hydrogen-bond acceptors (Lipinski definition) is 2. The van der Waals surface area contributed by atoms with E-state index in [0.29, 0.717) is 0 Å². The van der Waals surface area contributed by atoms with Crippen LogP contribution in [0.1, 0.15) is 31.1 Å². The smallest absolute Gasteiger partial charge is 0.140 e. The molecule has 0 saturated carbocycles. The van der Waals surface area contributed by atoms with Gasteiger partial charge in [-0.05, 0) is 25.5 Å². The zero-order valence-corrected chi connectivity index (χ0v) is 11.8. The van der Waals surface area contributed by atoms with Gasteiger partial charge in [0.15, 0.2) is 0 Å². The molecule has 0 radical (unpaired) electrons. The van der Waals surface area contributed by atoms with Crippen LogP contribution < -0.4 is 0 Å². The second-order valence-electron chi connectivity index (χ2n) is 4.19. The lowest BCUT2D eigenvalue weighted by Crippen LogP contribution is -1.85. The summed E-state index contributed by atoms with van der Waals surface area (Å²) in [7, 11) is 0. The van der Waals surface area contributed by atoms with Gasteiger partial charge in [-0.3, -0.25) is 0 Å². The molecule has 17 heavy (non-hydrogen) atoms. The van der Waals surface area contributed by atoms with E-state index in [0.717, 1.165) is 34.3 Å². The first-order chi connectivity index (χ1) is 8.22. The van der Waals surface area contributed by atoms with E-state index in [2.05, 4.69) is 47.1 Å². The predicted molar refractivity (Wildman–Crippen MR) is 73.0 cm³/mol. The molecule has 90 valence electrons. The topological polar surface area (TPSA) is 26.0 Å². The number of unbranched alkanes of at least 4 members (excludes halogenated alkanes) is 1. The molecule has 1 aromatic heterocycles. The molecule has 0 fully saturated rings. The summed E-state index contributed by atoms with van der Waals surface area (Å²) in [6, 6.07) is 8.15. The average molecular weight is 294 g/mol. The summed E-state index contributed by atoms with van der Waals surface area (Å²) in [6.07, 6.45) is 3.30. The fourth-order valence-electron chi connectivity index (χ4n) is 1.82. The molecule has 0 bridgehead atoms. The van der Waals surface area contributed by atoms with Crippen molar-refractivity contribution in [3.8, 4) is 11.3 Å². The standard InChI is InChI=1S/C14H16BrNO/c1-3-4-5-13-10(2)14(16-17-13)11-6-8-12(15)9-7-11/h6-9H,3-5H2,1-2H3. The Balaban J connectivity index is 2.27. The molecular weight excluding hydrogens is 278 g/mol. The minimum Gasteiger partial charge on any atom is -0.360 e. The lowest BCUT2D eigenvalue weighted by atomic mass is 10.1. The molecule has 2 rings (SSSR count). The number of benzene rings is 1. The summed E-state index contributed by atoms with van der Waals surface area (Å²) in [6.45, 7) is 4.26. The maximum atomic E-state index is 5.42. The van der Waals surface area contributed by atoms with E-state index in [1.807, 2.05) is 12.1 Å². The van der Waals surface area contributed by atoms with E-state index in [1.165, 1.54) is 12.0 Å². The highest BCUT2D eigenvalue weighted by Crippen LogP contribution is 2.26. The molecule has 1 aromatic carbocycles. The summed E-state index contributed by atoms with van der Waals surface area (Å²) in [4.78, 5) is 0. The second kappa shape index (κ2) is 5.50. The highest BCUT2D eigenvalue weighted by Gasteiger charge is 2.12. The predicted octanol–water partition coefficient (Wildman–Crippen LogP) is 4.76. The van der Waals surface area contributed by atoms with Crippen molar-refractivity contribution in [3.05, 3.63) is 40.1 Å². The number of aryl methyl sites for hydroxylation is 1. The number of hydrogen-bond donors (Lipinski definition) is 0.